The van der Waals surface area contributed by atoms with E-state index in [1.165, 1.54) is 28.8 Å². The highest BCUT2D eigenvalue weighted by Gasteiger charge is 2.30. The molecule has 0 fully saturated rings. The van der Waals surface area contributed by atoms with Crippen molar-refractivity contribution in [1.82, 2.24) is 0 Å². The van der Waals surface area contributed by atoms with Crippen LogP contribution in [0.25, 0.3) is 0 Å². The van der Waals surface area contributed by atoms with E-state index in [0.29, 0.717) is 16.3 Å². The van der Waals surface area contributed by atoms with Gasteiger partial charge in [-0.2, -0.15) is 0 Å². The minimum Gasteiger partial charge on any atom is -0.323 e. The normalized spacial score (nSPS) is 14.8. The quantitative estimate of drug-likeness (QED) is 0.839. The number of nitrogens with zero attached hydrogens (tertiary/aromatic N) is 1. The van der Waals surface area contributed by atoms with Gasteiger partial charge in [-0.25, -0.2) is 4.39 Å². The lowest BCUT2D eigenvalue weighted by molar-refractivity contribution is -0.121. The zero-order valence-electron chi connectivity index (χ0n) is 12.8. The number of nitrogens with one attached hydrogen (secondary N) is 1. The molecule has 1 aliphatic rings. The first-order chi connectivity index (χ1) is 11.5. The van der Waals surface area contributed by atoms with Crippen LogP contribution in [0.5, 0.6) is 0 Å². The molecular weight excluding hydrogens is 351 g/mol. The average Bonchev–Trinajstić information content (AvgIpc) is 2.56. The summed E-state index contributed by atoms with van der Waals surface area (Å²) in [5.41, 5.74) is 1.29. The first-order valence-electron chi connectivity index (χ1n) is 7.27. The van der Waals surface area contributed by atoms with Crippen LogP contribution < -0.4 is 10.2 Å². The number of rotatable bonds is 3. The molecule has 2 amide bonds. The van der Waals surface area contributed by atoms with Crippen LogP contribution in [0, 0.1) is 5.82 Å². The predicted octanol–water partition coefficient (Wildman–Crippen LogP) is 3.95. The van der Waals surface area contributed by atoms with E-state index in [0.717, 1.165) is 0 Å². The van der Waals surface area contributed by atoms with Gasteiger partial charge in [0.05, 0.1) is 21.6 Å². The third kappa shape index (κ3) is 3.39. The SMILES string of the molecule is C[C@H](Sc1ccc(F)c(Cl)c1)C(=O)N1CC(=O)Nc2ccccc21. The van der Waals surface area contributed by atoms with Gasteiger partial charge in [-0.1, -0.05) is 23.7 Å². The largest absolute Gasteiger partial charge is 0.323 e. The number of hydrogen-bond acceptors (Lipinski definition) is 3. The maximum atomic E-state index is 13.2. The third-order valence-corrected chi connectivity index (χ3v) is 4.96. The fourth-order valence-corrected chi connectivity index (χ4v) is 3.67. The number of benzene rings is 2. The minimum atomic E-state index is -0.498. The summed E-state index contributed by atoms with van der Waals surface area (Å²) in [6.07, 6.45) is 0. The van der Waals surface area contributed by atoms with Crippen molar-refractivity contribution in [1.29, 1.82) is 0 Å². The Hall–Kier alpha value is -2.05. The Balaban J connectivity index is 1.80. The fourth-order valence-electron chi connectivity index (χ4n) is 2.45. The molecule has 0 radical (unpaired) electrons. The van der Waals surface area contributed by atoms with Crippen molar-refractivity contribution in [2.24, 2.45) is 0 Å². The Labute approximate surface area is 148 Å². The number of fused-ring (bicyclic) bond motifs is 1. The molecule has 0 unspecified atom stereocenters. The molecule has 0 bridgehead atoms. The van der Waals surface area contributed by atoms with Crippen molar-refractivity contribution < 1.29 is 14.0 Å². The van der Waals surface area contributed by atoms with Crippen molar-refractivity contribution in [3.63, 3.8) is 0 Å². The molecule has 124 valence electrons. The number of thioether (sulfide) groups is 1. The van der Waals surface area contributed by atoms with Crippen molar-refractivity contribution >= 4 is 46.6 Å². The Morgan fingerprint density at radius 2 is 2.08 bits per heavy atom. The van der Waals surface area contributed by atoms with Crippen LogP contribution in [-0.2, 0) is 9.59 Å². The van der Waals surface area contributed by atoms with Gasteiger partial charge in [-0.3, -0.25) is 14.5 Å². The summed E-state index contributed by atoms with van der Waals surface area (Å²) in [5.74, 6) is -0.923. The second-order valence-corrected chi connectivity index (χ2v) is 7.15. The van der Waals surface area contributed by atoms with Gasteiger partial charge < -0.3 is 5.32 Å². The number of carbonyl (C=O) groups excluding carboxylic acids is 2. The number of hydrogen-bond donors (Lipinski definition) is 1. The molecule has 1 atom stereocenters. The summed E-state index contributed by atoms with van der Waals surface area (Å²) in [6, 6.07) is 11.5. The van der Waals surface area contributed by atoms with Crippen LogP contribution in [0.15, 0.2) is 47.4 Å². The van der Waals surface area contributed by atoms with Crippen molar-refractivity contribution in [3.05, 3.63) is 53.3 Å². The van der Waals surface area contributed by atoms with Crippen LogP contribution in [-0.4, -0.2) is 23.6 Å². The number of para-hydroxylation sites is 2. The standard InChI is InChI=1S/C17H14ClFN2O2S/c1-10(24-11-6-7-13(19)12(18)8-11)17(23)21-9-16(22)20-14-4-2-3-5-15(14)21/h2-8,10H,9H2,1H3,(H,20,22)/t10-/m0/s1. The molecule has 0 aromatic heterocycles. The maximum absolute atomic E-state index is 13.2. The predicted molar refractivity (Wildman–Crippen MR) is 94.2 cm³/mol. The molecule has 24 heavy (non-hydrogen) atoms. The summed E-state index contributed by atoms with van der Waals surface area (Å²) in [6.45, 7) is 1.73. The summed E-state index contributed by atoms with van der Waals surface area (Å²) < 4.78 is 13.2. The summed E-state index contributed by atoms with van der Waals surface area (Å²) in [7, 11) is 0. The molecule has 1 heterocycles. The highest BCUT2D eigenvalue weighted by Crippen LogP contribution is 2.33. The van der Waals surface area contributed by atoms with E-state index in [2.05, 4.69) is 5.32 Å². The molecule has 2 aromatic carbocycles. The van der Waals surface area contributed by atoms with E-state index in [1.807, 2.05) is 6.07 Å². The van der Waals surface area contributed by atoms with E-state index < -0.39 is 11.1 Å². The molecular formula is C17H14ClFN2O2S. The first kappa shape index (κ1) is 16.8. The van der Waals surface area contributed by atoms with Crippen LogP contribution in [0.4, 0.5) is 15.8 Å². The Kier molecular flexibility index (Phi) is 4.78. The highest BCUT2D eigenvalue weighted by atomic mass is 35.5. The van der Waals surface area contributed by atoms with Crippen molar-refractivity contribution in [3.8, 4) is 0 Å². The van der Waals surface area contributed by atoms with Gasteiger partial charge in [0.2, 0.25) is 11.8 Å². The van der Waals surface area contributed by atoms with E-state index in [9.17, 15) is 14.0 Å². The summed E-state index contributed by atoms with van der Waals surface area (Å²) in [4.78, 5) is 26.8. The molecule has 0 saturated carbocycles. The number of amides is 2. The Bertz CT molecular complexity index is 815. The van der Waals surface area contributed by atoms with Gasteiger partial charge in [0.25, 0.3) is 0 Å². The van der Waals surface area contributed by atoms with Crippen LogP contribution in [0.1, 0.15) is 6.92 Å². The van der Waals surface area contributed by atoms with Crippen LogP contribution in [0.3, 0.4) is 0 Å². The van der Waals surface area contributed by atoms with E-state index >= 15 is 0 Å². The van der Waals surface area contributed by atoms with E-state index in [1.54, 1.807) is 31.2 Å². The van der Waals surface area contributed by atoms with Gasteiger partial charge in [0.15, 0.2) is 0 Å². The topological polar surface area (TPSA) is 49.4 Å². The molecule has 0 spiro atoms. The zero-order chi connectivity index (χ0) is 17.3. The van der Waals surface area contributed by atoms with Gasteiger partial charge in [-0.15, -0.1) is 11.8 Å². The molecule has 4 nitrogen and oxygen atoms in total. The first-order valence-corrected chi connectivity index (χ1v) is 8.53. The molecule has 0 aliphatic carbocycles. The molecule has 7 heteroatoms. The molecule has 1 N–H and O–H groups in total. The second-order valence-electron chi connectivity index (χ2n) is 5.33. The summed E-state index contributed by atoms with van der Waals surface area (Å²) in [5, 5.41) is 2.31. The number of anilines is 2. The molecule has 3 rings (SSSR count). The van der Waals surface area contributed by atoms with Crippen LogP contribution in [0.2, 0.25) is 5.02 Å². The Morgan fingerprint density at radius 1 is 1.33 bits per heavy atom. The fraction of sp³-hybridized carbons (Fsp3) is 0.176. The maximum Gasteiger partial charge on any atom is 0.244 e. The zero-order valence-corrected chi connectivity index (χ0v) is 14.3. The van der Waals surface area contributed by atoms with Crippen LogP contribution >= 0.6 is 23.4 Å². The highest BCUT2D eigenvalue weighted by molar-refractivity contribution is 8.00. The average molecular weight is 365 g/mol. The minimum absolute atomic E-state index is 0.0161. The van der Waals surface area contributed by atoms with E-state index in [-0.39, 0.29) is 23.4 Å². The lowest BCUT2D eigenvalue weighted by atomic mass is 10.2. The lowest BCUT2D eigenvalue weighted by Crippen LogP contribution is -2.45. The summed E-state index contributed by atoms with van der Waals surface area (Å²) >= 11 is 7.05. The third-order valence-electron chi connectivity index (χ3n) is 3.59. The lowest BCUT2D eigenvalue weighted by Gasteiger charge is -2.30. The van der Waals surface area contributed by atoms with Gasteiger partial charge in [0.1, 0.15) is 12.4 Å². The molecule has 2 aromatic rings. The molecule has 0 saturated heterocycles. The second kappa shape index (κ2) is 6.83. The molecule has 1 aliphatic heterocycles. The Morgan fingerprint density at radius 3 is 2.83 bits per heavy atom. The van der Waals surface area contributed by atoms with Crippen molar-refractivity contribution in [2.45, 2.75) is 17.1 Å². The van der Waals surface area contributed by atoms with Gasteiger partial charge >= 0.3 is 0 Å². The van der Waals surface area contributed by atoms with E-state index in [4.69, 9.17) is 11.6 Å². The monoisotopic (exact) mass is 364 g/mol. The van der Waals surface area contributed by atoms with Gasteiger partial charge in [-0.05, 0) is 37.3 Å². The number of halogens is 2. The smallest absolute Gasteiger partial charge is 0.244 e. The van der Waals surface area contributed by atoms with Crippen molar-refractivity contribution in [2.75, 3.05) is 16.8 Å². The number of carbonyl (C=O) groups is 2. The van der Waals surface area contributed by atoms with Gasteiger partial charge in [0, 0.05) is 4.90 Å².